The highest BCUT2D eigenvalue weighted by molar-refractivity contribution is 5.78. The van der Waals surface area contributed by atoms with Crippen LogP contribution in [0.3, 0.4) is 0 Å². The Morgan fingerprint density at radius 3 is 2.94 bits per heavy atom. The van der Waals surface area contributed by atoms with Gasteiger partial charge in [-0.1, -0.05) is 13.8 Å². The Labute approximate surface area is 98.6 Å². The molecule has 1 aliphatic rings. The largest absolute Gasteiger partial charge is 0.355 e. The number of carbonyl (C=O) groups is 1. The Balaban J connectivity index is 2.34. The molecule has 0 aromatic carbocycles. The van der Waals surface area contributed by atoms with Crippen molar-refractivity contribution in [1.82, 2.24) is 10.2 Å². The van der Waals surface area contributed by atoms with Crippen LogP contribution in [-0.4, -0.2) is 43.5 Å². The third-order valence-corrected chi connectivity index (χ3v) is 2.94. The molecule has 1 rings (SSSR count). The molecule has 0 aromatic rings. The van der Waals surface area contributed by atoms with Crippen LogP contribution in [0.15, 0.2) is 0 Å². The Bertz CT molecular complexity index is 218. The first-order valence-corrected chi connectivity index (χ1v) is 6.33. The summed E-state index contributed by atoms with van der Waals surface area (Å²) in [6, 6.07) is 0. The van der Waals surface area contributed by atoms with Gasteiger partial charge in [0.15, 0.2) is 0 Å². The topological polar surface area (TPSA) is 58.4 Å². The average Bonchev–Trinajstić information content (AvgIpc) is 2.25. The van der Waals surface area contributed by atoms with E-state index < -0.39 is 0 Å². The van der Waals surface area contributed by atoms with E-state index >= 15 is 0 Å². The Hall–Kier alpha value is -0.610. The van der Waals surface area contributed by atoms with E-state index in [9.17, 15) is 4.79 Å². The van der Waals surface area contributed by atoms with Gasteiger partial charge < -0.3 is 16.0 Å². The van der Waals surface area contributed by atoms with E-state index in [0.29, 0.717) is 19.0 Å². The first-order valence-electron chi connectivity index (χ1n) is 6.33. The summed E-state index contributed by atoms with van der Waals surface area (Å²) < 4.78 is 0. The lowest BCUT2D eigenvalue weighted by atomic mass is 9.96. The molecule has 1 heterocycles. The molecule has 4 nitrogen and oxygen atoms in total. The second kappa shape index (κ2) is 6.86. The van der Waals surface area contributed by atoms with Crippen LogP contribution in [-0.2, 0) is 4.79 Å². The zero-order valence-corrected chi connectivity index (χ0v) is 10.5. The molecule has 1 amide bonds. The molecule has 0 spiro atoms. The van der Waals surface area contributed by atoms with Crippen LogP contribution >= 0.6 is 0 Å². The van der Waals surface area contributed by atoms with Crippen LogP contribution in [0.5, 0.6) is 0 Å². The number of amides is 1. The second-order valence-electron chi connectivity index (χ2n) is 5.07. The van der Waals surface area contributed by atoms with Gasteiger partial charge in [-0.2, -0.15) is 0 Å². The molecule has 4 heteroatoms. The number of carbonyl (C=O) groups excluding carboxylic acids is 1. The van der Waals surface area contributed by atoms with Gasteiger partial charge in [0.1, 0.15) is 0 Å². The molecule has 0 radical (unpaired) electrons. The van der Waals surface area contributed by atoms with Gasteiger partial charge in [-0.3, -0.25) is 4.79 Å². The molecule has 0 aliphatic carbocycles. The monoisotopic (exact) mass is 227 g/mol. The number of hydrogen-bond acceptors (Lipinski definition) is 3. The summed E-state index contributed by atoms with van der Waals surface area (Å²) in [4.78, 5) is 14.2. The molecule has 16 heavy (non-hydrogen) atoms. The van der Waals surface area contributed by atoms with E-state index in [0.717, 1.165) is 32.5 Å². The maximum atomic E-state index is 11.8. The summed E-state index contributed by atoms with van der Waals surface area (Å²) in [5.41, 5.74) is 5.37. The normalized spacial score (nSPS) is 22.4. The summed E-state index contributed by atoms with van der Waals surface area (Å²) in [5.74, 6) is 1.02. The van der Waals surface area contributed by atoms with Gasteiger partial charge in [0, 0.05) is 26.2 Å². The number of rotatable bonds is 5. The van der Waals surface area contributed by atoms with E-state index in [1.54, 1.807) is 0 Å². The molecule has 0 bridgehead atoms. The molecule has 3 N–H and O–H groups in total. The van der Waals surface area contributed by atoms with Gasteiger partial charge in [-0.15, -0.1) is 0 Å². The van der Waals surface area contributed by atoms with Crippen molar-refractivity contribution in [2.75, 3.05) is 32.7 Å². The molecule has 94 valence electrons. The Morgan fingerprint density at radius 2 is 2.31 bits per heavy atom. The quantitative estimate of drug-likeness (QED) is 0.716. The number of likely N-dealkylation sites (tertiary alicyclic amines) is 1. The SMILES string of the molecule is CC(C)CN1CCCC(C(=O)NCCN)C1. The molecule has 1 aliphatic heterocycles. The molecule has 1 saturated heterocycles. The number of piperidine rings is 1. The Morgan fingerprint density at radius 1 is 1.56 bits per heavy atom. The minimum atomic E-state index is 0.166. The van der Waals surface area contributed by atoms with Crippen LogP contribution in [0, 0.1) is 11.8 Å². The summed E-state index contributed by atoms with van der Waals surface area (Å²) in [5, 5.41) is 2.89. The summed E-state index contributed by atoms with van der Waals surface area (Å²) >= 11 is 0. The van der Waals surface area contributed by atoms with Gasteiger partial charge in [-0.25, -0.2) is 0 Å². The van der Waals surface area contributed by atoms with Crippen molar-refractivity contribution < 1.29 is 4.79 Å². The van der Waals surface area contributed by atoms with Crippen molar-refractivity contribution in [3.63, 3.8) is 0 Å². The average molecular weight is 227 g/mol. The minimum Gasteiger partial charge on any atom is -0.355 e. The van der Waals surface area contributed by atoms with Crippen molar-refractivity contribution in [3.05, 3.63) is 0 Å². The second-order valence-corrected chi connectivity index (χ2v) is 5.07. The maximum Gasteiger partial charge on any atom is 0.224 e. The summed E-state index contributed by atoms with van der Waals surface area (Å²) in [6.45, 7) is 8.71. The molecule has 1 unspecified atom stereocenters. The lowest BCUT2D eigenvalue weighted by Crippen LogP contribution is -2.44. The molecule has 1 fully saturated rings. The molecular weight excluding hydrogens is 202 g/mol. The highest BCUT2D eigenvalue weighted by Crippen LogP contribution is 2.17. The lowest BCUT2D eigenvalue weighted by molar-refractivity contribution is -0.126. The van der Waals surface area contributed by atoms with Gasteiger partial charge in [0.25, 0.3) is 0 Å². The maximum absolute atomic E-state index is 11.8. The molecule has 0 aromatic heterocycles. The zero-order chi connectivity index (χ0) is 12.0. The fourth-order valence-corrected chi connectivity index (χ4v) is 2.29. The van der Waals surface area contributed by atoms with Crippen LogP contribution in [0.1, 0.15) is 26.7 Å². The molecule has 1 atom stereocenters. The van der Waals surface area contributed by atoms with E-state index in [4.69, 9.17) is 5.73 Å². The van der Waals surface area contributed by atoms with Crippen LogP contribution in [0.25, 0.3) is 0 Å². The highest BCUT2D eigenvalue weighted by Gasteiger charge is 2.25. The number of nitrogens with one attached hydrogen (secondary N) is 1. The number of nitrogens with two attached hydrogens (primary N) is 1. The van der Waals surface area contributed by atoms with E-state index in [1.807, 2.05) is 0 Å². The van der Waals surface area contributed by atoms with Crippen LogP contribution < -0.4 is 11.1 Å². The minimum absolute atomic E-state index is 0.166. The van der Waals surface area contributed by atoms with Gasteiger partial charge in [0.05, 0.1) is 5.92 Å². The third-order valence-electron chi connectivity index (χ3n) is 2.94. The molecular formula is C12H25N3O. The van der Waals surface area contributed by atoms with Crippen LogP contribution in [0.4, 0.5) is 0 Å². The lowest BCUT2D eigenvalue weighted by Gasteiger charge is -2.33. The van der Waals surface area contributed by atoms with Crippen molar-refractivity contribution in [2.24, 2.45) is 17.6 Å². The first kappa shape index (κ1) is 13.5. The van der Waals surface area contributed by atoms with Crippen LogP contribution in [0.2, 0.25) is 0 Å². The smallest absolute Gasteiger partial charge is 0.224 e. The van der Waals surface area contributed by atoms with Crippen molar-refractivity contribution in [1.29, 1.82) is 0 Å². The number of hydrogen-bond donors (Lipinski definition) is 2. The van der Waals surface area contributed by atoms with Gasteiger partial charge in [-0.05, 0) is 25.3 Å². The summed E-state index contributed by atoms with van der Waals surface area (Å²) in [6.07, 6.45) is 2.15. The van der Waals surface area contributed by atoms with E-state index in [2.05, 4.69) is 24.1 Å². The predicted octanol–water partition coefficient (Wildman–Crippen LogP) is 0.429. The standard InChI is InChI=1S/C12H25N3O/c1-10(2)8-15-7-3-4-11(9-15)12(16)14-6-5-13/h10-11H,3-9,13H2,1-2H3,(H,14,16). The third kappa shape index (κ3) is 4.49. The van der Waals surface area contributed by atoms with Crippen molar-refractivity contribution >= 4 is 5.91 Å². The van der Waals surface area contributed by atoms with Crippen molar-refractivity contribution in [3.8, 4) is 0 Å². The fourth-order valence-electron chi connectivity index (χ4n) is 2.29. The van der Waals surface area contributed by atoms with Crippen molar-refractivity contribution in [2.45, 2.75) is 26.7 Å². The number of nitrogens with zero attached hydrogens (tertiary/aromatic N) is 1. The highest BCUT2D eigenvalue weighted by atomic mass is 16.1. The van der Waals surface area contributed by atoms with E-state index in [1.165, 1.54) is 0 Å². The Kier molecular flexibility index (Phi) is 5.77. The predicted molar refractivity (Wildman–Crippen MR) is 66.1 cm³/mol. The van der Waals surface area contributed by atoms with E-state index in [-0.39, 0.29) is 11.8 Å². The molecule has 0 saturated carbocycles. The van der Waals surface area contributed by atoms with Gasteiger partial charge >= 0.3 is 0 Å². The van der Waals surface area contributed by atoms with Gasteiger partial charge in [0.2, 0.25) is 5.91 Å². The first-order chi connectivity index (χ1) is 7.63. The zero-order valence-electron chi connectivity index (χ0n) is 10.5. The summed E-state index contributed by atoms with van der Waals surface area (Å²) in [7, 11) is 0. The fraction of sp³-hybridized carbons (Fsp3) is 0.917.